The third-order valence-electron chi connectivity index (χ3n) is 3.12. The van der Waals surface area contributed by atoms with Crippen LogP contribution < -0.4 is 4.74 Å². The molecule has 0 fully saturated rings. The van der Waals surface area contributed by atoms with Crippen molar-refractivity contribution in [2.75, 3.05) is 13.7 Å². The summed E-state index contributed by atoms with van der Waals surface area (Å²) in [6, 6.07) is 5.22. The Kier molecular flexibility index (Phi) is 8.12. The van der Waals surface area contributed by atoms with Crippen molar-refractivity contribution >= 4 is 24.0 Å². The second-order valence-corrected chi connectivity index (χ2v) is 5.35. The van der Waals surface area contributed by atoms with Crippen molar-refractivity contribution in [1.29, 1.82) is 0 Å². The Hall–Kier alpha value is -2.89. The first kappa shape index (κ1) is 20.2. The van der Waals surface area contributed by atoms with Crippen LogP contribution in [0.4, 0.5) is 0 Å². The maximum atomic E-state index is 11.2. The highest BCUT2D eigenvalue weighted by molar-refractivity contribution is 5.87. The van der Waals surface area contributed by atoms with Crippen molar-refractivity contribution < 1.29 is 28.6 Å². The van der Waals surface area contributed by atoms with Crippen LogP contribution in [0.3, 0.4) is 0 Å². The molecule has 1 rings (SSSR count). The summed E-state index contributed by atoms with van der Waals surface area (Å²) in [5.74, 6) is -0.773. The van der Waals surface area contributed by atoms with Gasteiger partial charge in [-0.2, -0.15) is 0 Å². The van der Waals surface area contributed by atoms with E-state index in [9.17, 15) is 14.4 Å². The molecular weight excluding hydrogens is 324 g/mol. The van der Waals surface area contributed by atoms with Gasteiger partial charge in [-0.3, -0.25) is 9.59 Å². The largest absolute Gasteiger partial charge is 0.466 e. The number of hydrogen-bond acceptors (Lipinski definition) is 6. The molecule has 0 saturated heterocycles. The predicted octanol–water partition coefficient (Wildman–Crippen LogP) is 2.85. The molecule has 25 heavy (non-hydrogen) atoms. The minimum absolute atomic E-state index is 0.208. The molecule has 0 atom stereocenters. The highest BCUT2D eigenvalue weighted by Gasteiger charge is 2.07. The summed E-state index contributed by atoms with van der Waals surface area (Å²) in [7, 11) is 1.30. The zero-order valence-electron chi connectivity index (χ0n) is 14.8. The van der Waals surface area contributed by atoms with Gasteiger partial charge < -0.3 is 14.2 Å². The van der Waals surface area contributed by atoms with Crippen LogP contribution in [0.25, 0.3) is 6.08 Å². The van der Waals surface area contributed by atoms with E-state index in [1.54, 1.807) is 18.2 Å². The number of rotatable bonds is 7. The first-order valence-corrected chi connectivity index (χ1v) is 7.68. The van der Waals surface area contributed by atoms with Gasteiger partial charge in [-0.25, -0.2) is 4.79 Å². The van der Waals surface area contributed by atoms with E-state index in [0.29, 0.717) is 12.2 Å². The van der Waals surface area contributed by atoms with Gasteiger partial charge in [0.05, 0.1) is 7.11 Å². The number of ether oxygens (including phenoxy) is 3. The Bertz CT molecular complexity index is 700. The lowest BCUT2D eigenvalue weighted by molar-refractivity contribution is -0.140. The van der Waals surface area contributed by atoms with E-state index in [1.165, 1.54) is 27.0 Å². The van der Waals surface area contributed by atoms with Gasteiger partial charge in [0.25, 0.3) is 0 Å². The van der Waals surface area contributed by atoms with E-state index in [-0.39, 0.29) is 12.6 Å². The Labute approximate surface area is 147 Å². The van der Waals surface area contributed by atoms with Crippen LogP contribution in [0.15, 0.2) is 35.9 Å². The molecule has 0 N–H and O–H groups in total. The number of esters is 3. The van der Waals surface area contributed by atoms with Crippen LogP contribution in [0, 0.1) is 0 Å². The van der Waals surface area contributed by atoms with E-state index >= 15 is 0 Å². The highest BCUT2D eigenvalue weighted by Crippen LogP contribution is 2.23. The summed E-state index contributed by atoms with van der Waals surface area (Å²) in [5.41, 5.74) is 2.41. The van der Waals surface area contributed by atoms with Crippen molar-refractivity contribution in [2.45, 2.75) is 27.2 Å². The first-order valence-electron chi connectivity index (χ1n) is 7.68. The second-order valence-electron chi connectivity index (χ2n) is 5.35. The van der Waals surface area contributed by atoms with Crippen molar-refractivity contribution in [3.63, 3.8) is 0 Å². The Morgan fingerprint density at radius 1 is 1.08 bits per heavy atom. The van der Waals surface area contributed by atoms with Crippen molar-refractivity contribution in [1.82, 2.24) is 0 Å². The maximum absolute atomic E-state index is 11.2. The molecule has 0 saturated carbocycles. The maximum Gasteiger partial charge on any atom is 0.330 e. The number of methoxy groups -OCH3 is 1. The number of benzene rings is 1. The fourth-order valence-corrected chi connectivity index (χ4v) is 1.91. The smallest absolute Gasteiger partial charge is 0.330 e. The van der Waals surface area contributed by atoms with Crippen LogP contribution in [-0.4, -0.2) is 31.6 Å². The summed E-state index contributed by atoms with van der Waals surface area (Å²) in [6.45, 7) is 4.73. The molecule has 0 aliphatic carbocycles. The fourth-order valence-electron chi connectivity index (χ4n) is 1.91. The zero-order chi connectivity index (χ0) is 18.8. The fraction of sp³-hybridized carbons (Fsp3) is 0.316. The van der Waals surface area contributed by atoms with Crippen molar-refractivity contribution in [3.8, 4) is 5.75 Å². The summed E-state index contributed by atoms with van der Waals surface area (Å²) >= 11 is 0. The van der Waals surface area contributed by atoms with E-state index < -0.39 is 11.9 Å². The number of carbonyl (C=O) groups excluding carboxylic acids is 3. The zero-order valence-corrected chi connectivity index (χ0v) is 14.8. The van der Waals surface area contributed by atoms with Crippen molar-refractivity contribution in [3.05, 3.63) is 47.1 Å². The minimum atomic E-state index is -0.456. The van der Waals surface area contributed by atoms with Gasteiger partial charge in [-0.05, 0) is 48.3 Å². The Balaban J connectivity index is 3.00. The summed E-state index contributed by atoms with van der Waals surface area (Å²) in [4.78, 5) is 33.3. The first-order chi connectivity index (χ1) is 11.8. The average molecular weight is 346 g/mol. The Morgan fingerprint density at radius 2 is 1.80 bits per heavy atom. The number of hydrogen-bond donors (Lipinski definition) is 0. The topological polar surface area (TPSA) is 78.9 Å². The third kappa shape index (κ3) is 7.97. The normalized spacial score (nSPS) is 11.3. The molecule has 0 aromatic heterocycles. The SMILES string of the molecule is COC(=O)/C=C/c1ccc(OC(C)=O)c(C/C=C(\C)COC(C)=O)c1. The Morgan fingerprint density at radius 3 is 2.40 bits per heavy atom. The van der Waals surface area contributed by atoms with Crippen LogP contribution in [0.5, 0.6) is 5.75 Å². The molecule has 0 aliphatic rings. The molecule has 6 heteroatoms. The van der Waals surface area contributed by atoms with Gasteiger partial charge in [0.15, 0.2) is 0 Å². The molecule has 0 radical (unpaired) electrons. The van der Waals surface area contributed by atoms with Gasteiger partial charge in [0.2, 0.25) is 0 Å². The number of carbonyl (C=O) groups is 3. The molecule has 0 aliphatic heterocycles. The quantitative estimate of drug-likeness (QED) is 0.327. The van der Waals surface area contributed by atoms with Gasteiger partial charge in [0.1, 0.15) is 12.4 Å². The lowest BCUT2D eigenvalue weighted by atomic mass is 10.0. The molecule has 0 unspecified atom stereocenters. The molecule has 1 aromatic carbocycles. The molecule has 6 nitrogen and oxygen atoms in total. The van der Waals surface area contributed by atoms with E-state index in [0.717, 1.165) is 16.7 Å². The van der Waals surface area contributed by atoms with Gasteiger partial charge >= 0.3 is 17.9 Å². The summed E-state index contributed by atoms with van der Waals surface area (Å²) in [5, 5.41) is 0. The molecule has 0 spiro atoms. The van der Waals surface area contributed by atoms with Crippen LogP contribution in [0.2, 0.25) is 0 Å². The van der Waals surface area contributed by atoms with Crippen LogP contribution in [0.1, 0.15) is 31.9 Å². The van der Waals surface area contributed by atoms with E-state index in [1.807, 2.05) is 19.1 Å². The molecule has 0 bridgehead atoms. The summed E-state index contributed by atoms with van der Waals surface area (Å²) in [6.07, 6.45) is 5.30. The van der Waals surface area contributed by atoms with Gasteiger partial charge in [0, 0.05) is 19.9 Å². The minimum Gasteiger partial charge on any atom is -0.466 e. The van der Waals surface area contributed by atoms with E-state index in [4.69, 9.17) is 9.47 Å². The lowest BCUT2D eigenvalue weighted by Crippen LogP contribution is -2.05. The standard InChI is InChI=1S/C19H22O6/c1-13(12-24-14(2)20)5-8-17-11-16(7-10-19(22)23-4)6-9-18(17)25-15(3)21/h5-7,9-11H,8,12H2,1-4H3/b10-7+,13-5+. The van der Waals surface area contributed by atoms with Crippen molar-refractivity contribution in [2.24, 2.45) is 0 Å². The molecule has 0 amide bonds. The van der Waals surface area contributed by atoms with Gasteiger partial charge in [-0.1, -0.05) is 12.1 Å². The highest BCUT2D eigenvalue weighted by atomic mass is 16.5. The monoisotopic (exact) mass is 346 g/mol. The van der Waals surface area contributed by atoms with Gasteiger partial charge in [-0.15, -0.1) is 0 Å². The molecule has 0 heterocycles. The third-order valence-corrected chi connectivity index (χ3v) is 3.12. The second kappa shape index (κ2) is 10.1. The lowest BCUT2D eigenvalue weighted by Gasteiger charge is -2.09. The number of allylic oxidation sites excluding steroid dienone is 1. The predicted molar refractivity (Wildman–Crippen MR) is 92.9 cm³/mol. The summed E-state index contributed by atoms with van der Waals surface area (Å²) < 4.78 is 14.7. The van der Waals surface area contributed by atoms with Crippen LogP contribution in [-0.2, 0) is 30.3 Å². The van der Waals surface area contributed by atoms with Crippen LogP contribution >= 0.6 is 0 Å². The average Bonchev–Trinajstić information content (AvgIpc) is 2.56. The molecule has 1 aromatic rings. The molecule has 134 valence electrons. The van der Waals surface area contributed by atoms with E-state index in [2.05, 4.69) is 4.74 Å². The molecular formula is C19H22O6.